The van der Waals surface area contributed by atoms with E-state index in [0.29, 0.717) is 23.0 Å². The second-order valence-corrected chi connectivity index (χ2v) is 7.92. The number of nitrogens with zero attached hydrogens (tertiary/aromatic N) is 4. The molecule has 1 saturated heterocycles. The quantitative estimate of drug-likeness (QED) is 0.645. The third-order valence-electron chi connectivity index (χ3n) is 5.91. The van der Waals surface area contributed by atoms with E-state index in [-0.39, 0.29) is 16.5 Å². The Labute approximate surface area is 157 Å². The third kappa shape index (κ3) is 3.41. The van der Waals surface area contributed by atoms with Gasteiger partial charge in [0.25, 0.3) is 11.6 Å². The highest BCUT2D eigenvalue weighted by molar-refractivity contribution is 5.71. The Balaban J connectivity index is 1.64. The number of piperidine rings is 1. The van der Waals surface area contributed by atoms with Crippen LogP contribution in [0.1, 0.15) is 51.3 Å². The molecule has 4 rings (SSSR count). The minimum Gasteiger partial charge on any atom is -0.366 e. The van der Waals surface area contributed by atoms with Crippen molar-refractivity contribution in [3.05, 3.63) is 34.1 Å². The average molecular weight is 371 g/mol. The molecule has 0 atom stereocenters. The van der Waals surface area contributed by atoms with Crippen molar-refractivity contribution in [2.45, 2.75) is 51.0 Å². The lowest BCUT2D eigenvalue weighted by Crippen LogP contribution is -2.34. The molecule has 27 heavy (non-hydrogen) atoms. The molecule has 144 valence electrons. The maximum absolute atomic E-state index is 11.7. The number of hydrogen-bond donors (Lipinski definition) is 1. The fourth-order valence-corrected chi connectivity index (χ4v) is 4.09. The molecular formula is C19H25N5O3. The molecule has 0 bridgehead atoms. The highest BCUT2D eigenvalue weighted by atomic mass is 16.6. The zero-order valence-corrected chi connectivity index (χ0v) is 15.6. The molecule has 8 nitrogen and oxygen atoms in total. The summed E-state index contributed by atoms with van der Waals surface area (Å²) in [5.74, 6) is 1.44. The molecule has 1 saturated carbocycles. The van der Waals surface area contributed by atoms with Crippen molar-refractivity contribution in [2.24, 2.45) is 11.7 Å². The predicted octanol–water partition coefficient (Wildman–Crippen LogP) is 3.61. The molecule has 0 radical (unpaired) electrons. The van der Waals surface area contributed by atoms with E-state index < -0.39 is 5.54 Å². The lowest BCUT2D eigenvalue weighted by Gasteiger charge is -2.31. The molecule has 2 aliphatic rings. The van der Waals surface area contributed by atoms with Crippen LogP contribution < -0.4 is 10.6 Å². The van der Waals surface area contributed by atoms with Gasteiger partial charge in [-0.3, -0.25) is 10.1 Å². The van der Waals surface area contributed by atoms with E-state index in [1.165, 1.54) is 6.07 Å². The molecule has 0 unspecified atom stereocenters. The number of nitro groups is 1. The van der Waals surface area contributed by atoms with Crippen LogP contribution in [0.25, 0.3) is 11.5 Å². The predicted molar refractivity (Wildman–Crippen MR) is 101 cm³/mol. The van der Waals surface area contributed by atoms with E-state index >= 15 is 0 Å². The molecule has 1 aliphatic heterocycles. The maximum Gasteiger partial charge on any atom is 0.293 e. The SMILES string of the molecule is CC1CCN(c2ccc(-c3nc(C4(N)CCCC4)no3)cc2[N+](=O)[O-])CC1. The molecule has 8 heteroatoms. The summed E-state index contributed by atoms with van der Waals surface area (Å²) in [4.78, 5) is 17.9. The van der Waals surface area contributed by atoms with Gasteiger partial charge in [0.15, 0.2) is 5.82 Å². The number of anilines is 1. The van der Waals surface area contributed by atoms with Crippen LogP contribution in [-0.4, -0.2) is 28.2 Å². The van der Waals surface area contributed by atoms with Crippen LogP contribution in [0.2, 0.25) is 0 Å². The van der Waals surface area contributed by atoms with Gasteiger partial charge < -0.3 is 15.2 Å². The zero-order chi connectivity index (χ0) is 19.0. The second kappa shape index (κ2) is 6.92. The average Bonchev–Trinajstić information content (AvgIpc) is 3.32. The van der Waals surface area contributed by atoms with Crippen LogP contribution in [0.4, 0.5) is 11.4 Å². The van der Waals surface area contributed by atoms with Crippen LogP contribution >= 0.6 is 0 Å². The molecule has 2 aromatic rings. The molecule has 1 aromatic heterocycles. The smallest absolute Gasteiger partial charge is 0.293 e. The van der Waals surface area contributed by atoms with Gasteiger partial charge in [-0.15, -0.1) is 0 Å². The standard InChI is InChI=1S/C19H25N5O3/c1-13-6-10-23(11-7-13)15-5-4-14(12-16(15)24(25)26)17-21-18(22-27-17)19(20)8-2-3-9-19/h4-5,12-13H,2-3,6-11,20H2,1H3. The van der Waals surface area contributed by atoms with Gasteiger partial charge in [0.2, 0.25) is 0 Å². The van der Waals surface area contributed by atoms with Crippen LogP contribution in [0.15, 0.2) is 22.7 Å². The summed E-state index contributed by atoms with van der Waals surface area (Å²) in [7, 11) is 0. The van der Waals surface area contributed by atoms with Crippen molar-refractivity contribution < 1.29 is 9.45 Å². The van der Waals surface area contributed by atoms with Crippen LogP contribution in [-0.2, 0) is 5.54 Å². The van der Waals surface area contributed by atoms with Crippen molar-refractivity contribution in [1.82, 2.24) is 10.1 Å². The number of rotatable bonds is 4. The van der Waals surface area contributed by atoms with E-state index in [1.807, 2.05) is 6.07 Å². The Bertz CT molecular complexity index is 836. The van der Waals surface area contributed by atoms with Crippen molar-refractivity contribution >= 4 is 11.4 Å². The molecule has 0 spiro atoms. The molecule has 1 aromatic carbocycles. The van der Waals surface area contributed by atoms with Gasteiger partial charge in [0.1, 0.15) is 5.69 Å². The maximum atomic E-state index is 11.7. The summed E-state index contributed by atoms with van der Waals surface area (Å²) in [5, 5.41) is 15.7. The molecule has 2 heterocycles. The first-order valence-corrected chi connectivity index (χ1v) is 9.63. The number of benzene rings is 1. The lowest BCUT2D eigenvalue weighted by atomic mass is 9.98. The number of nitro benzene ring substituents is 1. The minimum atomic E-state index is -0.544. The summed E-state index contributed by atoms with van der Waals surface area (Å²) >= 11 is 0. The summed E-state index contributed by atoms with van der Waals surface area (Å²) in [6.45, 7) is 3.89. The monoisotopic (exact) mass is 371 g/mol. The van der Waals surface area contributed by atoms with E-state index in [9.17, 15) is 10.1 Å². The number of nitrogens with two attached hydrogens (primary N) is 1. The number of aromatic nitrogens is 2. The van der Waals surface area contributed by atoms with Crippen LogP contribution in [0.5, 0.6) is 0 Å². The topological polar surface area (TPSA) is 111 Å². The van der Waals surface area contributed by atoms with Gasteiger partial charge in [-0.1, -0.05) is 24.9 Å². The van der Waals surface area contributed by atoms with Crippen molar-refractivity contribution in [1.29, 1.82) is 0 Å². The summed E-state index contributed by atoms with van der Waals surface area (Å²) in [6.07, 6.45) is 5.86. The summed E-state index contributed by atoms with van der Waals surface area (Å²) in [6, 6.07) is 5.14. The Morgan fingerprint density at radius 2 is 2.00 bits per heavy atom. The van der Waals surface area contributed by atoms with Gasteiger partial charge in [-0.05, 0) is 43.7 Å². The fraction of sp³-hybridized carbons (Fsp3) is 0.579. The van der Waals surface area contributed by atoms with E-state index in [1.54, 1.807) is 6.07 Å². The van der Waals surface area contributed by atoms with Gasteiger partial charge in [-0.2, -0.15) is 4.98 Å². The Morgan fingerprint density at radius 3 is 2.67 bits per heavy atom. The van der Waals surface area contributed by atoms with Crippen molar-refractivity contribution in [2.75, 3.05) is 18.0 Å². The van der Waals surface area contributed by atoms with Crippen LogP contribution in [0, 0.1) is 16.0 Å². The lowest BCUT2D eigenvalue weighted by molar-refractivity contribution is -0.384. The van der Waals surface area contributed by atoms with Gasteiger partial charge in [0.05, 0.1) is 10.5 Å². The van der Waals surface area contributed by atoms with E-state index in [2.05, 4.69) is 22.0 Å². The second-order valence-electron chi connectivity index (χ2n) is 7.92. The molecule has 0 amide bonds. The Morgan fingerprint density at radius 1 is 1.30 bits per heavy atom. The minimum absolute atomic E-state index is 0.0742. The first-order chi connectivity index (χ1) is 13.0. The third-order valence-corrected chi connectivity index (χ3v) is 5.91. The summed E-state index contributed by atoms with van der Waals surface area (Å²) < 4.78 is 5.39. The van der Waals surface area contributed by atoms with Gasteiger partial charge in [0, 0.05) is 24.7 Å². The first-order valence-electron chi connectivity index (χ1n) is 9.63. The van der Waals surface area contributed by atoms with E-state index in [4.69, 9.17) is 10.3 Å². The highest BCUT2D eigenvalue weighted by Gasteiger charge is 2.36. The van der Waals surface area contributed by atoms with Gasteiger partial charge >= 0.3 is 0 Å². The highest BCUT2D eigenvalue weighted by Crippen LogP contribution is 2.37. The molecule has 2 fully saturated rings. The fourth-order valence-electron chi connectivity index (χ4n) is 4.09. The van der Waals surface area contributed by atoms with Gasteiger partial charge in [-0.25, -0.2) is 0 Å². The largest absolute Gasteiger partial charge is 0.366 e. The molecule has 2 N–H and O–H groups in total. The van der Waals surface area contributed by atoms with Crippen molar-refractivity contribution in [3.63, 3.8) is 0 Å². The zero-order valence-electron chi connectivity index (χ0n) is 15.6. The first kappa shape index (κ1) is 17.9. The molecule has 1 aliphatic carbocycles. The normalized spacial score (nSPS) is 20.1. The molecular weight excluding hydrogens is 346 g/mol. The van der Waals surface area contributed by atoms with Crippen LogP contribution in [0.3, 0.4) is 0 Å². The van der Waals surface area contributed by atoms with Crippen molar-refractivity contribution in [3.8, 4) is 11.5 Å². The number of hydrogen-bond acceptors (Lipinski definition) is 7. The Kier molecular flexibility index (Phi) is 4.59. The van der Waals surface area contributed by atoms with E-state index in [0.717, 1.165) is 51.6 Å². The summed E-state index contributed by atoms with van der Waals surface area (Å²) in [5.41, 5.74) is 7.12. The Hall–Kier alpha value is -2.48.